The van der Waals surface area contributed by atoms with Crippen LogP contribution in [-0.4, -0.2) is 37.0 Å². The molecule has 1 fully saturated rings. The molecule has 1 saturated heterocycles. The van der Waals surface area contributed by atoms with Gasteiger partial charge in [0.05, 0.1) is 6.21 Å². The SMILES string of the molecule is O=S(=O)(c1ccc(N/N=C/c2ccc(F)cc2F)nc1)N1CCCCC1. The lowest BCUT2D eigenvalue weighted by atomic mass is 10.2. The topological polar surface area (TPSA) is 74.7 Å². The quantitative estimate of drug-likeness (QED) is 0.639. The second-order valence-corrected chi connectivity index (χ2v) is 7.82. The monoisotopic (exact) mass is 380 g/mol. The third-order valence-corrected chi connectivity index (χ3v) is 5.92. The van der Waals surface area contributed by atoms with Gasteiger partial charge < -0.3 is 0 Å². The summed E-state index contributed by atoms with van der Waals surface area (Å²) in [5, 5.41) is 3.82. The van der Waals surface area contributed by atoms with Crippen LogP contribution in [0.2, 0.25) is 0 Å². The summed E-state index contributed by atoms with van der Waals surface area (Å²) in [7, 11) is -3.53. The molecule has 0 bridgehead atoms. The Labute approximate surface area is 150 Å². The van der Waals surface area contributed by atoms with Crippen molar-refractivity contribution >= 4 is 22.1 Å². The number of benzene rings is 1. The van der Waals surface area contributed by atoms with Crippen LogP contribution in [0.4, 0.5) is 14.6 Å². The number of hydrogen-bond acceptors (Lipinski definition) is 5. The molecule has 0 unspecified atom stereocenters. The summed E-state index contributed by atoms with van der Waals surface area (Å²) in [6.07, 6.45) is 5.22. The fourth-order valence-corrected chi connectivity index (χ4v) is 4.09. The van der Waals surface area contributed by atoms with E-state index in [1.807, 2.05) is 0 Å². The van der Waals surface area contributed by atoms with Gasteiger partial charge in [0.15, 0.2) is 0 Å². The summed E-state index contributed by atoms with van der Waals surface area (Å²) in [6, 6.07) is 6.09. The van der Waals surface area contributed by atoms with Crippen molar-refractivity contribution in [3.63, 3.8) is 0 Å². The van der Waals surface area contributed by atoms with Crippen molar-refractivity contribution in [2.45, 2.75) is 24.2 Å². The number of nitrogens with one attached hydrogen (secondary N) is 1. The number of aromatic nitrogens is 1. The zero-order valence-corrected chi connectivity index (χ0v) is 14.7. The Kier molecular flexibility index (Phi) is 5.58. The molecule has 6 nitrogen and oxygen atoms in total. The molecular weight excluding hydrogens is 362 g/mol. The van der Waals surface area contributed by atoms with Crippen molar-refractivity contribution in [2.24, 2.45) is 5.10 Å². The fraction of sp³-hybridized carbons (Fsp3) is 0.294. The minimum atomic E-state index is -3.53. The van der Waals surface area contributed by atoms with E-state index >= 15 is 0 Å². The number of anilines is 1. The molecule has 1 aromatic heterocycles. The van der Waals surface area contributed by atoms with Crippen molar-refractivity contribution in [3.05, 3.63) is 53.7 Å². The van der Waals surface area contributed by atoms with Crippen LogP contribution in [0, 0.1) is 11.6 Å². The molecule has 26 heavy (non-hydrogen) atoms. The molecule has 2 aromatic rings. The van der Waals surface area contributed by atoms with Crippen LogP contribution >= 0.6 is 0 Å². The number of halogens is 2. The molecule has 1 aromatic carbocycles. The first-order valence-electron chi connectivity index (χ1n) is 8.17. The molecule has 1 aliphatic rings. The van der Waals surface area contributed by atoms with Gasteiger partial charge in [-0.2, -0.15) is 9.41 Å². The van der Waals surface area contributed by atoms with Gasteiger partial charge in [0.25, 0.3) is 0 Å². The number of hydrazone groups is 1. The molecule has 0 aliphatic carbocycles. The van der Waals surface area contributed by atoms with Crippen molar-refractivity contribution < 1.29 is 17.2 Å². The molecule has 2 heterocycles. The third-order valence-electron chi connectivity index (χ3n) is 4.03. The maximum atomic E-state index is 13.5. The van der Waals surface area contributed by atoms with Gasteiger partial charge in [-0.15, -0.1) is 0 Å². The number of piperidine rings is 1. The van der Waals surface area contributed by atoms with E-state index in [4.69, 9.17) is 0 Å². The van der Waals surface area contributed by atoms with Crippen molar-refractivity contribution in [1.82, 2.24) is 9.29 Å². The van der Waals surface area contributed by atoms with Gasteiger partial charge in [-0.05, 0) is 37.1 Å². The lowest BCUT2D eigenvalue weighted by Crippen LogP contribution is -2.35. The highest BCUT2D eigenvalue weighted by molar-refractivity contribution is 7.89. The lowest BCUT2D eigenvalue weighted by molar-refractivity contribution is 0.346. The van der Waals surface area contributed by atoms with Gasteiger partial charge in [-0.25, -0.2) is 22.2 Å². The van der Waals surface area contributed by atoms with Gasteiger partial charge in [0, 0.05) is 30.9 Å². The number of pyridine rings is 1. The van der Waals surface area contributed by atoms with Crippen LogP contribution in [0.3, 0.4) is 0 Å². The Morgan fingerprint density at radius 2 is 1.88 bits per heavy atom. The number of sulfonamides is 1. The average Bonchev–Trinajstić information content (AvgIpc) is 2.65. The highest BCUT2D eigenvalue weighted by atomic mass is 32.2. The van der Waals surface area contributed by atoms with Gasteiger partial charge in [0.1, 0.15) is 22.3 Å². The van der Waals surface area contributed by atoms with E-state index in [2.05, 4.69) is 15.5 Å². The smallest absolute Gasteiger partial charge is 0.244 e. The number of hydrogen-bond donors (Lipinski definition) is 1. The number of rotatable bonds is 5. The van der Waals surface area contributed by atoms with Crippen molar-refractivity contribution in [3.8, 4) is 0 Å². The van der Waals surface area contributed by atoms with Crippen LogP contribution in [-0.2, 0) is 10.0 Å². The molecule has 0 amide bonds. The predicted molar refractivity (Wildman–Crippen MR) is 94.4 cm³/mol. The Hall–Kier alpha value is -2.39. The predicted octanol–water partition coefficient (Wildman–Crippen LogP) is 2.98. The molecule has 1 aliphatic heterocycles. The Balaban J connectivity index is 1.66. The summed E-state index contributed by atoms with van der Waals surface area (Å²) in [6.45, 7) is 1.05. The van der Waals surface area contributed by atoms with Gasteiger partial charge in [0.2, 0.25) is 10.0 Å². The van der Waals surface area contributed by atoms with Crippen molar-refractivity contribution in [1.29, 1.82) is 0 Å². The van der Waals surface area contributed by atoms with E-state index in [9.17, 15) is 17.2 Å². The highest BCUT2D eigenvalue weighted by Crippen LogP contribution is 2.20. The van der Waals surface area contributed by atoms with Gasteiger partial charge >= 0.3 is 0 Å². The molecule has 138 valence electrons. The van der Waals surface area contributed by atoms with Crippen LogP contribution < -0.4 is 5.43 Å². The Morgan fingerprint density at radius 3 is 2.54 bits per heavy atom. The highest BCUT2D eigenvalue weighted by Gasteiger charge is 2.26. The second-order valence-electron chi connectivity index (χ2n) is 5.88. The van der Waals surface area contributed by atoms with Crippen LogP contribution in [0.5, 0.6) is 0 Å². The Morgan fingerprint density at radius 1 is 1.12 bits per heavy atom. The first kappa shape index (κ1) is 18.4. The molecule has 3 rings (SSSR count). The maximum Gasteiger partial charge on any atom is 0.244 e. The molecular formula is C17H18F2N4O2S. The standard InChI is InChI=1S/C17H18F2N4O2S/c18-14-5-4-13(16(19)10-14)11-21-22-17-7-6-15(12-20-17)26(24,25)23-8-2-1-3-9-23/h4-7,10-12H,1-3,8-9H2,(H,20,22)/b21-11+. The van der Waals surface area contributed by atoms with Gasteiger partial charge in [-0.1, -0.05) is 6.42 Å². The van der Waals surface area contributed by atoms with Gasteiger partial charge in [-0.3, -0.25) is 5.43 Å². The average molecular weight is 380 g/mol. The van der Waals surface area contributed by atoms with Crippen LogP contribution in [0.1, 0.15) is 24.8 Å². The van der Waals surface area contributed by atoms with E-state index < -0.39 is 21.7 Å². The van der Waals surface area contributed by atoms with E-state index in [1.54, 1.807) is 0 Å². The lowest BCUT2D eigenvalue weighted by Gasteiger charge is -2.25. The summed E-state index contributed by atoms with van der Waals surface area (Å²) >= 11 is 0. The summed E-state index contributed by atoms with van der Waals surface area (Å²) in [5.41, 5.74) is 2.70. The molecule has 1 N–H and O–H groups in total. The van der Waals surface area contributed by atoms with E-state index in [1.165, 1.54) is 34.9 Å². The third kappa shape index (κ3) is 4.23. The summed E-state index contributed by atoms with van der Waals surface area (Å²) in [5.74, 6) is -1.09. The minimum absolute atomic E-state index is 0.114. The second kappa shape index (κ2) is 7.88. The summed E-state index contributed by atoms with van der Waals surface area (Å²) in [4.78, 5) is 4.15. The molecule has 0 saturated carbocycles. The maximum absolute atomic E-state index is 13.5. The molecule has 9 heteroatoms. The zero-order chi connectivity index (χ0) is 18.6. The fourth-order valence-electron chi connectivity index (χ4n) is 2.63. The summed E-state index contributed by atoms with van der Waals surface area (Å²) < 4.78 is 52.9. The normalized spacial score (nSPS) is 16.1. The van der Waals surface area contributed by atoms with Crippen LogP contribution in [0.15, 0.2) is 46.5 Å². The molecule has 0 radical (unpaired) electrons. The van der Waals surface area contributed by atoms with E-state index in [0.29, 0.717) is 18.9 Å². The van der Waals surface area contributed by atoms with Crippen molar-refractivity contribution in [2.75, 3.05) is 18.5 Å². The van der Waals surface area contributed by atoms with Crippen LogP contribution in [0.25, 0.3) is 0 Å². The molecule has 0 atom stereocenters. The zero-order valence-electron chi connectivity index (χ0n) is 13.9. The molecule has 0 spiro atoms. The first-order valence-corrected chi connectivity index (χ1v) is 9.61. The first-order chi connectivity index (χ1) is 12.5. The number of nitrogens with zero attached hydrogens (tertiary/aromatic N) is 3. The largest absolute Gasteiger partial charge is 0.261 e. The minimum Gasteiger partial charge on any atom is -0.261 e. The van der Waals surface area contributed by atoms with E-state index in [-0.39, 0.29) is 10.5 Å². The Bertz CT molecular complexity index is 895. The van der Waals surface area contributed by atoms with E-state index in [0.717, 1.165) is 31.4 Å².